The molecular weight excluding hydrogens is 412 g/mol. The number of rotatable bonds is 5. The highest BCUT2D eigenvalue weighted by atomic mass is 19.4. The molecule has 0 bridgehead atoms. The molecule has 0 aromatic heterocycles. The van der Waals surface area contributed by atoms with Crippen LogP contribution in [0.4, 0.5) is 17.6 Å². The van der Waals surface area contributed by atoms with E-state index >= 15 is 0 Å². The van der Waals surface area contributed by atoms with Gasteiger partial charge in [0.15, 0.2) is 17.0 Å². The molecular formula is C20H24F4O6. The van der Waals surface area contributed by atoms with E-state index in [0.29, 0.717) is 0 Å². The Kier molecular flexibility index (Phi) is 6.58. The number of methoxy groups -OCH3 is 1. The largest absolute Gasteiger partial charge is 0.496 e. The molecule has 0 spiro atoms. The van der Waals surface area contributed by atoms with Crippen LogP contribution >= 0.6 is 0 Å². The Morgan fingerprint density at radius 2 is 1.67 bits per heavy atom. The van der Waals surface area contributed by atoms with Gasteiger partial charge in [-0.2, -0.15) is 13.2 Å². The average Bonchev–Trinajstić information content (AvgIpc) is 2.61. The van der Waals surface area contributed by atoms with Crippen molar-refractivity contribution in [1.29, 1.82) is 0 Å². The van der Waals surface area contributed by atoms with E-state index in [0.717, 1.165) is 12.1 Å². The summed E-state index contributed by atoms with van der Waals surface area (Å²) in [5, 5.41) is 9.20. The van der Waals surface area contributed by atoms with Gasteiger partial charge in [-0.15, -0.1) is 0 Å². The molecule has 1 saturated carbocycles. The van der Waals surface area contributed by atoms with Crippen LogP contribution in [-0.4, -0.2) is 42.0 Å². The van der Waals surface area contributed by atoms with Crippen LogP contribution in [0.3, 0.4) is 0 Å². The molecule has 6 nitrogen and oxygen atoms in total. The lowest BCUT2D eigenvalue weighted by Crippen LogP contribution is -2.51. The first-order valence-electron chi connectivity index (χ1n) is 9.28. The summed E-state index contributed by atoms with van der Waals surface area (Å²) in [6.07, 6.45) is -7.19. The summed E-state index contributed by atoms with van der Waals surface area (Å²) in [4.78, 5) is 23.7. The minimum absolute atomic E-state index is 0.188. The van der Waals surface area contributed by atoms with Crippen molar-refractivity contribution in [2.24, 2.45) is 5.41 Å². The van der Waals surface area contributed by atoms with Crippen molar-refractivity contribution in [3.8, 4) is 11.5 Å². The Morgan fingerprint density at radius 1 is 1.10 bits per heavy atom. The molecule has 0 unspecified atom stereocenters. The maximum Gasteiger partial charge on any atom is 0.404 e. The van der Waals surface area contributed by atoms with E-state index in [1.54, 1.807) is 0 Å². The topological polar surface area (TPSA) is 82.1 Å². The van der Waals surface area contributed by atoms with Gasteiger partial charge < -0.3 is 19.3 Å². The van der Waals surface area contributed by atoms with Gasteiger partial charge in [-0.1, -0.05) is 0 Å². The van der Waals surface area contributed by atoms with Gasteiger partial charge in [0.1, 0.15) is 16.9 Å². The average molecular weight is 436 g/mol. The number of hydrogen-bond donors (Lipinski definition) is 1. The van der Waals surface area contributed by atoms with Gasteiger partial charge in [-0.25, -0.2) is 9.18 Å². The standard InChI is InChI=1S/C20H24F4O6/c1-18(2,3)30-17(27)19(20(22,23)24)7-5-11(6-8-19)29-15-9-12(16(25)26)14(28-4)10-13(15)21/h9-11H,5-8H2,1-4H3,(H,25,26)/t11-,19-. The van der Waals surface area contributed by atoms with Crippen LogP contribution in [0.15, 0.2) is 12.1 Å². The molecule has 1 aliphatic rings. The molecule has 0 aliphatic heterocycles. The number of hydrogen-bond acceptors (Lipinski definition) is 5. The van der Waals surface area contributed by atoms with Crippen LogP contribution in [0.5, 0.6) is 11.5 Å². The van der Waals surface area contributed by atoms with Gasteiger partial charge >= 0.3 is 18.1 Å². The monoisotopic (exact) mass is 436 g/mol. The molecule has 1 aliphatic carbocycles. The van der Waals surface area contributed by atoms with E-state index < -0.39 is 59.6 Å². The second-order valence-electron chi connectivity index (χ2n) is 8.19. The quantitative estimate of drug-likeness (QED) is 0.530. The lowest BCUT2D eigenvalue weighted by Gasteiger charge is -2.40. The maximum absolute atomic E-state index is 14.2. The first kappa shape index (κ1) is 23.8. The molecule has 0 radical (unpaired) electrons. The second-order valence-corrected chi connectivity index (χ2v) is 8.19. The van der Waals surface area contributed by atoms with Crippen LogP contribution in [0, 0.1) is 11.2 Å². The Hall–Kier alpha value is -2.52. The van der Waals surface area contributed by atoms with E-state index in [1.807, 2.05) is 0 Å². The summed E-state index contributed by atoms with van der Waals surface area (Å²) < 4.78 is 70.9. The molecule has 10 heteroatoms. The van der Waals surface area contributed by atoms with Crippen LogP contribution in [-0.2, 0) is 9.53 Å². The van der Waals surface area contributed by atoms with Gasteiger partial charge in [-0.05, 0) is 46.5 Å². The number of ether oxygens (including phenoxy) is 3. The highest BCUT2D eigenvalue weighted by Crippen LogP contribution is 2.51. The van der Waals surface area contributed by atoms with Gasteiger partial charge in [0.05, 0.1) is 13.2 Å². The van der Waals surface area contributed by atoms with Crippen molar-refractivity contribution in [1.82, 2.24) is 0 Å². The molecule has 1 aromatic carbocycles. The Balaban J connectivity index is 2.20. The highest BCUT2D eigenvalue weighted by molar-refractivity contribution is 5.91. The molecule has 0 saturated heterocycles. The van der Waals surface area contributed by atoms with Gasteiger partial charge in [0, 0.05) is 12.1 Å². The molecule has 30 heavy (non-hydrogen) atoms. The summed E-state index contributed by atoms with van der Waals surface area (Å²) in [6.45, 7) is 4.45. The zero-order valence-corrected chi connectivity index (χ0v) is 17.1. The Labute approximate surface area is 171 Å². The first-order chi connectivity index (χ1) is 13.7. The lowest BCUT2D eigenvalue weighted by atomic mass is 9.72. The van der Waals surface area contributed by atoms with Crippen molar-refractivity contribution in [2.45, 2.75) is 64.3 Å². The fourth-order valence-electron chi connectivity index (χ4n) is 3.32. The molecule has 1 N–H and O–H groups in total. The van der Waals surface area contributed by atoms with Crippen molar-refractivity contribution in [3.63, 3.8) is 0 Å². The maximum atomic E-state index is 14.2. The van der Waals surface area contributed by atoms with Crippen molar-refractivity contribution in [3.05, 3.63) is 23.5 Å². The van der Waals surface area contributed by atoms with Crippen molar-refractivity contribution >= 4 is 11.9 Å². The van der Waals surface area contributed by atoms with Crippen LogP contribution in [0.25, 0.3) is 0 Å². The Morgan fingerprint density at radius 3 is 2.10 bits per heavy atom. The highest BCUT2D eigenvalue weighted by Gasteiger charge is 2.62. The fraction of sp³-hybridized carbons (Fsp3) is 0.600. The third-order valence-corrected chi connectivity index (χ3v) is 4.90. The summed E-state index contributed by atoms with van der Waals surface area (Å²) in [5.74, 6) is -4.24. The van der Waals surface area contributed by atoms with E-state index in [9.17, 15) is 32.3 Å². The molecule has 0 amide bonds. The SMILES string of the molecule is COc1cc(F)c(O[C@H]2CC[C@](C(=O)OC(C)(C)C)(C(F)(F)F)CC2)cc1C(=O)O. The molecule has 0 atom stereocenters. The number of halogens is 4. The fourth-order valence-corrected chi connectivity index (χ4v) is 3.32. The summed E-state index contributed by atoms with van der Waals surface area (Å²) in [6, 6.07) is 1.76. The predicted molar refractivity (Wildman–Crippen MR) is 97.1 cm³/mol. The van der Waals surface area contributed by atoms with Gasteiger partial charge in [0.25, 0.3) is 0 Å². The zero-order valence-electron chi connectivity index (χ0n) is 17.1. The number of carboxylic acid groups (broad SMARTS) is 1. The molecule has 2 rings (SSSR count). The predicted octanol–water partition coefficient (Wildman–Crippen LogP) is 4.74. The molecule has 168 valence electrons. The summed E-state index contributed by atoms with van der Waals surface area (Å²) in [7, 11) is 1.18. The van der Waals surface area contributed by atoms with E-state index in [4.69, 9.17) is 14.2 Å². The number of carbonyl (C=O) groups excluding carboxylic acids is 1. The van der Waals surface area contributed by atoms with Crippen molar-refractivity contribution < 1.29 is 46.5 Å². The number of benzene rings is 1. The third-order valence-electron chi connectivity index (χ3n) is 4.90. The van der Waals surface area contributed by atoms with Crippen LogP contribution in [0.2, 0.25) is 0 Å². The van der Waals surface area contributed by atoms with Gasteiger partial charge in [-0.3, -0.25) is 4.79 Å². The Bertz CT molecular complexity index is 805. The molecule has 1 aromatic rings. The smallest absolute Gasteiger partial charge is 0.404 e. The van der Waals surface area contributed by atoms with Crippen molar-refractivity contribution in [2.75, 3.05) is 7.11 Å². The van der Waals surface area contributed by atoms with Crippen LogP contribution in [0.1, 0.15) is 56.8 Å². The number of aromatic carboxylic acids is 1. The molecule has 0 heterocycles. The van der Waals surface area contributed by atoms with E-state index in [2.05, 4.69) is 0 Å². The lowest BCUT2D eigenvalue weighted by molar-refractivity contribution is -0.250. The van der Waals surface area contributed by atoms with Crippen LogP contribution < -0.4 is 9.47 Å². The first-order valence-corrected chi connectivity index (χ1v) is 9.28. The normalized spacial score (nSPS) is 22.3. The minimum atomic E-state index is -4.82. The van der Waals surface area contributed by atoms with E-state index in [1.165, 1.54) is 27.9 Å². The van der Waals surface area contributed by atoms with Gasteiger partial charge in [0.2, 0.25) is 0 Å². The number of carboxylic acids is 1. The number of carbonyl (C=O) groups is 2. The van der Waals surface area contributed by atoms with E-state index in [-0.39, 0.29) is 24.2 Å². The minimum Gasteiger partial charge on any atom is -0.496 e. The number of esters is 1. The summed E-state index contributed by atoms with van der Waals surface area (Å²) >= 11 is 0. The second kappa shape index (κ2) is 8.31. The molecule has 1 fully saturated rings. The number of alkyl halides is 3. The third kappa shape index (κ3) is 4.96. The summed E-state index contributed by atoms with van der Waals surface area (Å²) in [5.41, 5.74) is -4.09. The zero-order chi connectivity index (χ0) is 22.9.